The number of esters is 2. The van der Waals surface area contributed by atoms with Crippen LogP contribution >= 0.6 is 0 Å². The molecule has 6 nitrogen and oxygen atoms in total. The van der Waals surface area contributed by atoms with Crippen molar-refractivity contribution in [2.24, 2.45) is 0 Å². The van der Waals surface area contributed by atoms with Gasteiger partial charge >= 0.3 is 11.9 Å². The third kappa shape index (κ3) is 4.00. The highest BCUT2D eigenvalue weighted by molar-refractivity contribution is 6.15. The number of methoxy groups -OCH3 is 1. The quantitative estimate of drug-likeness (QED) is 0.336. The second kappa shape index (κ2) is 8.47. The minimum absolute atomic E-state index is 0.0894. The first kappa shape index (κ1) is 21.0. The molecule has 1 heterocycles. The van der Waals surface area contributed by atoms with E-state index in [4.69, 9.17) is 9.47 Å². The van der Waals surface area contributed by atoms with Crippen LogP contribution in [0.1, 0.15) is 42.2 Å². The normalized spacial score (nSPS) is 13.5. The lowest BCUT2D eigenvalue weighted by molar-refractivity contribution is 0.0600. The molecule has 0 bridgehead atoms. The maximum absolute atomic E-state index is 13.8. The van der Waals surface area contributed by atoms with Crippen molar-refractivity contribution in [1.29, 1.82) is 0 Å². The molecular weight excluding hydrogens is 415 g/mol. The molecule has 4 rings (SSSR count). The zero-order chi connectivity index (χ0) is 22.8. The summed E-state index contributed by atoms with van der Waals surface area (Å²) >= 11 is 0. The zero-order valence-corrected chi connectivity index (χ0v) is 17.2. The molecule has 3 aromatic rings. The van der Waals surface area contributed by atoms with Crippen LogP contribution in [0.2, 0.25) is 0 Å². The van der Waals surface area contributed by atoms with Gasteiger partial charge in [-0.15, -0.1) is 0 Å². The highest BCUT2D eigenvalue weighted by atomic mass is 19.1. The molecule has 0 amide bonds. The molecular formula is C25H17FO6. The lowest BCUT2D eigenvalue weighted by atomic mass is 10.0. The first-order valence-corrected chi connectivity index (χ1v) is 9.61. The average Bonchev–Trinajstić information content (AvgIpc) is 3.09. The zero-order valence-electron chi connectivity index (χ0n) is 17.2. The largest absolute Gasteiger partial charge is 0.465 e. The molecule has 0 unspecified atom stereocenters. The lowest BCUT2D eigenvalue weighted by Crippen LogP contribution is -2.10. The van der Waals surface area contributed by atoms with Gasteiger partial charge in [-0.05, 0) is 54.5 Å². The van der Waals surface area contributed by atoms with E-state index >= 15 is 0 Å². The SMILES string of the molecule is COC(=O)c1ccc(/C=C2\Oc3cc(OC(=O)c4ccccc4F)cc(C)c3C2=O)cc1. The standard InChI is InChI=1S/C25H17FO6/c1-14-11-17(31-25(29)18-5-3-4-6-19(18)26)13-20-22(14)23(27)21(32-20)12-15-7-9-16(10-8-15)24(28)30-2/h3-13H,1-2H3/b21-12-. The molecule has 0 atom stereocenters. The van der Waals surface area contributed by atoms with Gasteiger partial charge in [-0.3, -0.25) is 4.79 Å². The first-order valence-electron chi connectivity index (χ1n) is 9.61. The van der Waals surface area contributed by atoms with Crippen LogP contribution < -0.4 is 9.47 Å². The van der Waals surface area contributed by atoms with E-state index in [9.17, 15) is 18.8 Å². The van der Waals surface area contributed by atoms with E-state index in [2.05, 4.69) is 4.74 Å². The summed E-state index contributed by atoms with van der Waals surface area (Å²) in [5.74, 6) is -1.86. The molecule has 0 spiro atoms. The number of hydrogen-bond donors (Lipinski definition) is 0. The van der Waals surface area contributed by atoms with Crippen molar-refractivity contribution in [3.8, 4) is 11.5 Å². The van der Waals surface area contributed by atoms with Crippen LogP contribution in [0.3, 0.4) is 0 Å². The number of carbonyl (C=O) groups is 3. The summed E-state index contributed by atoms with van der Waals surface area (Å²) in [6.45, 7) is 1.69. The van der Waals surface area contributed by atoms with Crippen LogP contribution in [0.5, 0.6) is 11.5 Å². The maximum atomic E-state index is 13.8. The Hall–Kier alpha value is -4.26. The summed E-state index contributed by atoms with van der Waals surface area (Å²) < 4.78 is 29.5. The first-order chi connectivity index (χ1) is 15.4. The van der Waals surface area contributed by atoms with Gasteiger partial charge in [-0.25, -0.2) is 14.0 Å². The van der Waals surface area contributed by atoms with Gasteiger partial charge in [0.05, 0.1) is 23.8 Å². The minimum atomic E-state index is -0.853. The summed E-state index contributed by atoms with van der Waals surface area (Å²) in [6, 6.07) is 14.9. The number of fused-ring (bicyclic) bond motifs is 1. The third-order valence-corrected chi connectivity index (χ3v) is 4.88. The number of rotatable bonds is 4. The van der Waals surface area contributed by atoms with Crippen LogP contribution in [-0.4, -0.2) is 24.8 Å². The van der Waals surface area contributed by atoms with E-state index in [1.54, 1.807) is 37.3 Å². The van der Waals surface area contributed by atoms with Gasteiger partial charge in [0, 0.05) is 6.07 Å². The predicted molar refractivity (Wildman–Crippen MR) is 113 cm³/mol. The number of benzene rings is 3. The van der Waals surface area contributed by atoms with Crippen molar-refractivity contribution < 1.29 is 33.0 Å². The number of halogens is 1. The van der Waals surface area contributed by atoms with Crippen LogP contribution in [-0.2, 0) is 4.74 Å². The van der Waals surface area contributed by atoms with Crippen molar-refractivity contribution in [2.45, 2.75) is 6.92 Å². The highest BCUT2D eigenvalue weighted by Crippen LogP contribution is 2.37. The molecule has 0 saturated heterocycles. The smallest absolute Gasteiger partial charge is 0.346 e. The number of hydrogen-bond acceptors (Lipinski definition) is 6. The van der Waals surface area contributed by atoms with E-state index in [0.717, 1.165) is 0 Å². The Labute approximate surface area is 182 Å². The molecule has 3 aromatic carbocycles. The van der Waals surface area contributed by atoms with Crippen LogP contribution in [0.4, 0.5) is 4.39 Å². The molecule has 0 N–H and O–H groups in total. The van der Waals surface area contributed by atoms with Gasteiger partial charge in [-0.1, -0.05) is 24.3 Å². The van der Waals surface area contributed by atoms with E-state index in [1.165, 1.54) is 43.5 Å². The van der Waals surface area contributed by atoms with Crippen LogP contribution in [0.25, 0.3) is 6.08 Å². The average molecular weight is 432 g/mol. The molecule has 0 saturated carbocycles. The Kier molecular flexibility index (Phi) is 5.55. The van der Waals surface area contributed by atoms with Gasteiger partial charge in [0.15, 0.2) is 5.76 Å². The monoisotopic (exact) mass is 432 g/mol. The summed E-state index contributed by atoms with van der Waals surface area (Å²) in [4.78, 5) is 36.7. The van der Waals surface area contributed by atoms with Crippen molar-refractivity contribution in [3.05, 3.63) is 100 Å². The number of aryl methyl sites for hydroxylation is 1. The van der Waals surface area contributed by atoms with E-state index in [1.807, 2.05) is 0 Å². The number of allylic oxidation sites excluding steroid dienone is 1. The summed E-state index contributed by atoms with van der Waals surface area (Å²) in [6.07, 6.45) is 1.55. The topological polar surface area (TPSA) is 78.9 Å². The Morgan fingerprint density at radius 1 is 1.00 bits per heavy atom. The lowest BCUT2D eigenvalue weighted by Gasteiger charge is -2.08. The van der Waals surface area contributed by atoms with Crippen LogP contribution in [0, 0.1) is 12.7 Å². The molecule has 7 heteroatoms. The Morgan fingerprint density at radius 3 is 2.41 bits per heavy atom. The molecule has 0 radical (unpaired) electrons. The summed E-state index contributed by atoms with van der Waals surface area (Å²) in [5, 5.41) is 0. The molecule has 1 aliphatic heterocycles. The third-order valence-electron chi connectivity index (χ3n) is 4.88. The number of carbonyl (C=O) groups excluding carboxylic acids is 3. The molecule has 1 aliphatic rings. The molecule has 0 aliphatic carbocycles. The number of ether oxygens (including phenoxy) is 3. The van der Waals surface area contributed by atoms with Gasteiger partial charge in [0.1, 0.15) is 17.3 Å². The van der Waals surface area contributed by atoms with Crippen molar-refractivity contribution in [2.75, 3.05) is 7.11 Å². The maximum Gasteiger partial charge on any atom is 0.346 e. The van der Waals surface area contributed by atoms with E-state index < -0.39 is 17.8 Å². The van der Waals surface area contributed by atoms with Gasteiger partial charge in [0.2, 0.25) is 5.78 Å². The van der Waals surface area contributed by atoms with Crippen molar-refractivity contribution >= 4 is 23.8 Å². The fraction of sp³-hybridized carbons (Fsp3) is 0.0800. The van der Waals surface area contributed by atoms with Crippen molar-refractivity contribution in [3.63, 3.8) is 0 Å². The predicted octanol–water partition coefficient (Wildman–Crippen LogP) is 4.76. The fourth-order valence-electron chi connectivity index (χ4n) is 3.31. The summed E-state index contributed by atoms with van der Waals surface area (Å²) in [5.41, 5.74) is 1.74. The molecule has 0 aromatic heterocycles. The second-order valence-electron chi connectivity index (χ2n) is 7.04. The minimum Gasteiger partial charge on any atom is -0.465 e. The molecule has 160 valence electrons. The molecule has 32 heavy (non-hydrogen) atoms. The second-order valence-corrected chi connectivity index (χ2v) is 7.04. The Bertz CT molecular complexity index is 1270. The van der Waals surface area contributed by atoms with Crippen LogP contribution in [0.15, 0.2) is 66.4 Å². The Morgan fingerprint density at radius 2 is 1.72 bits per heavy atom. The number of ketones is 1. The van der Waals surface area contributed by atoms with Gasteiger partial charge in [0.25, 0.3) is 0 Å². The van der Waals surface area contributed by atoms with Gasteiger partial charge < -0.3 is 14.2 Å². The van der Waals surface area contributed by atoms with Gasteiger partial charge in [-0.2, -0.15) is 0 Å². The Balaban J connectivity index is 1.58. The fourth-order valence-corrected chi connectivity index (χ4v) is 3.31. The highest BCUT2D eigenvalue weighted by Gasteiger charge is 2.30. The summed E-state index contributed by atoms with van der Waals surface area (Å²) in [7, 11) is 1.30. The van der Waals surface area contributed by atoms with E-state index in [0.29, 0.717) is 22.3 Å². The molecule has 0 fully saturated rings. The van der Waals surface area contributed by atoms with E-state index in [-0.39, 0.29) is 28.6 Å². The number of Topliss-reactive ketones (excluding diaryl/α,β-unsaturated/α-hetero) is 1. The van der Waals surface area contributed by atoms with Crippen molar-refractivity contribution in [1.82, 2.24) is 0 Å².